The lowest BCUT2D eigenvalue weighted by Crippen LogP contribution is -2.46. The van der Waals surface area contributed by atoms with Gasteiger partial charge in [0.05, 0.1) is 21.3 Å². The van der Waals surface area contributed by atoms with Crippen molar-refractivity contribution in [2.45, 2.75) is 6.92 Å². The summed E-state index contributed by atoms with van der Waals surface area (Å²) >= 11 is 0. The highest BCUT2D eigenvalue weighted by molar-refractivity contribution is 6.15. The SMILES string of the molecule is COc1cc(C(=O)Nc2ccc(C(=O)NN3C(=O)/C(=C/c4ccccc4)N=C3C)cc2)cc(OC)c1OC. The van der Waals surface area contributed by atoms with E-state index in [4.69, 9.17) is 14.2 Å². The van der Waals surface area contributed by atoms with Crippen molar-refractivity contribution in [2.24, 2.45) is 4.99 Å². The van der Waals surface area contributed by atoms with Crippen LogP contribution in [0, 0.1) is 0 Å². The van der Waals surface area contributed by atoms with E-state index in [2.05, 4.69) is 15.7 Å². The van der Waals surface area contributed by atoms with Crippen LogP contribution in [0.15, 0.2) is 77.4 Å². The molecular weight excluding hydrogens is 488 g/mol. The molecule has 0 saturated heterocycles. The number of hydrogen-bond donors (Lipinski definition) is 2. The van der Waals surface area contributed by atoms with E-state index < -0.39 is 17.7 Å². The molecule has 0 radical (unpaired) electrons. The molecule has 10 nitrogen and oxygen atoms in total. The number of amidine groups is 1. The average molecular weight is 515 g/mol. The van der Waals surface area contributed by atoms with Gasteiger partial charge in [0.15, 0.2) is 11.5 Å². The zero-order chi connectivity index (χ0) is 27.2. The minimum absolute atomic E-state index is 0.221. The highest BCUT2D eigenvalue weighted by Gasteiger charge is 2.29. The quantitative estimate of drug-likeness (QED) is 0.440. The summed E-state index contributed by atoms with van der Waals surface area (Å²) in [6, 6.07) is 18.6. The maximum absolute atomic E-state index is 12.8. The van der Waals surface area contributed by atoms with Gasteiger partial charge in [-0.05, 0) is 55.0 Å². The van der Waals surface area contributed by atoms with Crippen LogP contribution < -0.4 is 25.0 Å². The number of rotatable bonds is 8. The molecule has 4 rings (SSSR count). The summed E-state index contributed by atoms with van der Waals surface area (Å²) in [4.78, 5) is 42.7. The molecule has 0 aliphatic carbocycles. The summed E-state index contributed by atoms with van der Waals surface area (Å²) in [5, 5.41) is 3.88. The molecular formula is C28H26N4O6. The molecule has 2 N–H and O–H groups in total. The van der Waals surface area contributed by atoms with Crippen molar-refractivity contribution in [1.29, 1.82) is 0 Å². The molecule has 0 bridgehead atoms. The van der Waals surface area contributed by atoms with Gasteiger partial charge in [-0.15, -0.1) is 0 Å². The van der Waals surface area contributed by atoms with E-state index in [-0.39, 0.29) is 11.3 Å². The van der Waals surface area contributed by atoms with Gasteiger partial charge in [0, 0.05) is 16.8 Å². The molecule has 3 amide bonds. The minimum atomic E-state index is -0.503. The summed E-state index contributed by atoms with van der Waals surface area (Å²) in [5.41, 5.74) is 4.67. The molecule has 1 heterocycles. The standard InChI is InChI=1S/C28H26N4O6/c1-17-29-22(14-18-8-6-5-7-9-18)28(35)32(17)31-27(34)19-10-12-21(13-11-19)30-26(33)20-15-23(36-2)25(38-4)24(16-20)37-3/h5-16H,1-4H3,(H,30,33)(H,31,34)/b22-14-. The van der Waals surface area contributed by atoms with Gasteiger partial charge >= 0.3 is 0 Å². The molecule has 0 fully saturated rings. The van der Waals surface area contributed by atoms with Gasteiger partial charge in [-0.25, -0.2) is 10.0 Å². The number of benzene rings is 3. The minimum Gasteiger partial charge on any atom is -0.493 e. The second-order valence-corrected chi connectivity index (χ2v) is 8.13. The van der Waals surface area contributed by atoms with Crippen molar-refractivity contribution in [3.05, 3.63) is 89.1 Å². The van der Waals surface area contributed by atoms with E-state index >= 15 is 0 Å². The number of nitrogens with one attached hydrogen (secondary N) is 2. The lowest BCUT2D eigenvalue weighted by atomic mass is 10.1. The maximum atomic E-state index is 12.8. The molecule has 38 heavy (non-hydrogen) atoms. The number of amides is 3. The van der Waals surface area contributed by atoms with Crippen LogP contribution in [0.25, 0.3) is 6.08 Å². The fourth-order valence-electron chi connectivity index (χ4n) is 3.75. The number of nitrogens with zero attached hydrogens (tertiary/aromatic N) is 2. The zero-order valence-electron chi connectivity index (χ0n) is 21.3. The van der Waals surface area contributed by atoms with Crippen molar-refractivity contribution in [3.8, 4) is 17.2 Å². The normalized spacial score (nSPS) is 13.7. The lowest BCUT2D eigenvalue weighted by Gasteiger charge is -2.17. The van der Waals surface area contributed by atoms with E-state index in [0.29, 0.717) is 34.3 Å². The fraction of sp³-hybridized carbons (Fsp3) is 0.143. The Morgan fingerprint density at radius 3 is 2.05 bits per heavy atom. The molecule has 3 aromatic carbocycles. The van der Waals surface area contributed by atoms with E-state index in [1.807, 2.05) is 30.3 Å². The molecule has 0 atom stereocenters. The third-order valence-corrected chi connectivity index (χ3v) is 5.68. The van der Waals surface area contributed by atoms with Gasteiger partial charge in [-0.1, -0.05) is 30.3 Å². The van der Waals surface area contributed by atoms with E-state index in [1.54, 1.807) is 25.1 Å². The number of methoxy groups -OCH3 is 3. The lowest BCUT2D eigenvalue weighted by molar-refractivity contribution is -0.124. The van der Waals surface area contributed by atoms with Crippen LogP contribution >= 0.6 is 0 Å². The molecule has 3 aromatic rings. The summed E-state index contributed by atoms with van der Waals surface area (Å²) in [6.07, 6.45) is 1.66. The van der Waals surface area contributed by atoms with Crippen molar-refractivity contribution >= 4 is 35.3 Å². The highest BCUT2D eigenvalue weighted by atomic mass is 16.5. The van der Waals surface area contributed by atoms with Gasteiger partial charge in [-0.3, -0.25) is 19.8 Å². The smallest absolute Gasteiger partial charge is 0.296 e. The number of hydrogen-bond acceptors (Lipinski definition) is 7. The first-order chi connectivity index (χ1) is 18.3. The second kappa shape index (κ2) is 11.3. The van der Waals surface area contributed by atoms with Crippen molar-refractivity contribution in [2.75, 3.05) is 26.6 Å². The number of carbonyl (C=O) groups is 3. The maximum Gasteiger partial charge on any atom is 0.296 e. The number of aliphatic imine (C=N–C) groups is 1. The Hall–Kier alpha value is -5.12. The molecule has 0 spiro atoms. The first-order valence-electron chi connectivity index (χ1n) is 11.5. The first kappa shape index (κ1) is 26.0. The van der Waals surface area contributed by atoms with Crippen LogP contribution in [0.4, 0.5) is 5.69 Å². The molecule has 1 aliphatic heterocycles. The van der Waals surface area contributed by atoms with Crippen molar-refractivity contribution < 1.29 is 28.6 Å². The van der Waals surface area contributed by atoms with Crippen LogP contribution in [-0.4, -0.2) is 49.9 Å². The van der Waals surface area contributed by atoms with Crippen LogP contribution in [0.1, 0.15) is 33.2 Å². The van der Waals surface area contributed by atoms with Crippen molar-refractivity contribution in [3.63, 3.8) is 0 Å². The number of carbonyl (C=O) groups excluding carboxylic acids is 3. The molecule has 0 unspecified atom stereocenters. The van der Waals surface area contributed by atoms with E-state index in [0.717, 1.165) is 10.6 Å². The van der Waals surface area contributed by atoms with Gasteiger partial charge in [0.1, 0.15) is 11.5 Å². The molecule has 0 saturated carbocycles. The Morgan fingerprint density at radius 2 is 1.47 bits per heavy atom. The Labute approximate surface area is 219 Å². The average Bonchev–Trinajstić information content (AvgIpc) is 3.20. The van der Waals surface area contributed by atoms with Gasteiger partial charge in [0.25, 0.3) is 17.7 Å². The summed E-state index contributed by atoms with van der Waals surface area (Å²) in [6.45, 7) is 1.63. The van der Waals surface area contributed by atoms with Crippen LogP contribution in [-0.2, 0) is 4.79 Å². The van der Waals surface area contributed by atoms with Crippen LogP contribution in [0.3, 0.4) is 0 Å². The first-order valence-corrected chi connectivity index (χ1v) is 11.5. The van der Waals surface area contributed by atoms with E-state index in [1.165, 1.54) is 45.6 Å². The van der Waals surface area contributed by atoms with Gasteiger partial charge in [0.2, 0.25) is 5.75 Å². The predicted molar refractivity (Wildman–Crippen MR) is 142 cm³/mol. The van der Waals surface area contributed by atoms with Gasteiger partial charge in [-0.2, -0.15) is 0 Å². The summed E-state index contributed by atoms with van der Waals surface area (Å²) in [7, 11) is 4.41. The number of hydrazine groups is 1. The van der Waals surface area contributed by atoms with E-state index in [9.17, 15) is 14.4 Å². The number of anilines is 1. The zero-order valence-corrected chi connectivity index (χ0v) is 21.3. The molecule has 10 heteroatoms. The van der Waals surface area contributed by atoms with Gasteiger partial charge < -0.3 is 19.5 Å². The monoisotopic (exact) mass is 514 g/mol. The second-order valence-electron chi connectivity index (χ2n) is 8.13. The predicted octanol–water partition coefficient (Wildman–Crippen LogP) is 3.91. The summed E-state index contributed by atoms with van der Waals surface area (Å²) in [5.74, 6) is 0.0715. The Balaban J connectivity index is 1.42. The molecule has 1 aliphatic rings. The third kappa shape index (κ3) is 5.49. The fourth-order valence-corrected chi connectivity index (χ4v) is 3.75. The Kier molecular flexibility index (Phi) is 7.72. The summed E-state index contributed by atoms with van der Waals surface area (Å²) < 4.78 is 15.9. The molecule has 0 aromatic heterocycles. The largest absolute Gasteiger partial charge is 0.493 e. The van der Waals surface area contributed by atoms with Crippen LogP contribution in [0.2, 0.25) is 0 Å². The number of ether oxygens (including phenoxy) is 3. The third-order valence-electron chi connectivity index (χ3n) is 5.68. The molecule has 194 valence electrons. The Morgan fingerprint density at radius 1 is 0.842 bits per heavy atom. The Bertz CT molecular complexity index is 1410. The highest BCUT2D eigenvalue weighted by Crippen LogP contribution is 2.38. The topological polar surface area (TPSA) is 119 Å². The van der Waals surface area contributed by atoms with Crippen molar-refractivity contribution in [1.82, 2.24) is 10.4 Å². The van der Waals surface area contributed by atoms with Crippen LogP contribution in [0.5, 0.6) is 17.2 Å².